The Bertz CT molecular complexity index is 1680. The van der Waals surface area contributed by atoms with Crippen LogP contribution in [0, 0.1) is 23.0 Å². The summed E-state index contributed by atoms with van der Waals surface area (Å²) in [6, 6.07) is 11.5. The number of alkyl halides is 2. The van der Waals surface area contributed by atoms with Crippen LogP contribution in [0.15, 0.2) is 60.8 Å². The number of aryl methyl sites for hydroxylation is 1. The molecule has 220 valence electrons. The zero-order chi connectivity index (χ0) is 30.5. The average Bonchev–Trinajstić information content (AvgIpc) is 3.53. The summed E-state index contributed by atoms with van der Waals surface area (Å²) in [6.07, 6.45) is 0.297. The molecule has 3 aromatic rings. The number of hydrogen-bond acceptors (Lipinski definition) is 5. The summed E-state index contributed by atoms with van der Waals surface area (Å²) < 4.78 is 56.9. The minimum absolute atomic E-state index is 0.0184. The number of pyridine rings is 1. The van der Waals surface area contributed by atoms with Crippen molar-refractivity contribution < 1.29 is 31.9 Å². The number of nitrogens with one attached hydrogen (secondary N) is 1. The molecule has 0 spiro atoms. The first-order valence-electron chi connectivity index (χ1n) is 13.8. The maximum atomic E-state index is 14.8. The summed E-state index contributed by atoms with van der Waals surface area (Å²) in [6.45, 7) is 0. The van der Waals surface area contributed by atoms with Crippen molar-refractivity contribution in [2.24, 2.45) is 0 Å². The SMILES string of the molecule is N#Cc1ccnc(N2C(=O)CC[C@H]2C(=O)N(c2cccc(F)c2)[C@]2(C(=O)NC3CC(F)(F)C3)CCc3ccc(F)cc32)c1. The van der Waals surface area contributed by atoms with Crippen LogP contribution in [-0.2, 0) is 26.3 Å². The Morgan fingerprint density at radius 3 is 2.53 bits per heavy atom. The molecule has 2 heterocycles. The number of carbonyl (C=O) groups excluding carboxylic acids is 3. The molecule has 0 bridgehead atoms. The Labute approximate surface area is 243 Å². The summed E-state index contributed by atoms with van der Waals surface area (Å²) in [7, 11) is 0. The van der Waals surface area contributed by atoms with Crippen molar-refractivity contribution in [2.45, 2.75) is 62.1 Å². The fourth-order valence-electron chi connectivity index (χ4n) is 6.36. The fraction of sp³-hybridized carbons (Fsp3) is 0.323. The lowest BCUT2D eigenvalue weighted by Gasteiger charge is -2.45. The number of hydrogen-bond donors (Lipinski definition) is 1. The van der Waals surface area contributed by atoms with Crippen LogP contribution >= 0.6 is 0 Å². The van der Waals surface area contributed by atoms with E-state index in [0.29, 0.717) is 5.56 Å². The quantitative estimate of drug-likeness (QED) is 0.425. The highest BCUT2D eigenvalue weighted by atomic mass is 19.3. The molecule has 6 rings (SSSR count). The molecular formula is C31H25F4N5O3. The lowest BCUT2D eigenvalue weighted by molar-refractivity contribution is -0.137. The Kier molecular flexibility index (Phi) is 6.91. The van der Waals surface area contributed by atoms with E-state index in [1.165, 1.54) is 42.6 Å². The van der Waals surface area contributed by atoms with E-state index in [9.17, 15) is 37.2 Å². The Morgan fingerprint density at radius 1 is 1.05 bits per heavy atom. The minimum Gasteiger partial charge on any atom is -0.351 e. The van der Waals surface area contributed by atoms with Crippen LogP contribution in [0.2, 0.25) is 0 Å². The van der Waals surface area contributed by atoms with Gasteiger partial charge in [0, 0.05) is 37.2 Å². The van der Waals surface area contributed by atoms with Crippen molar-refractivity contribution >= 4 is 29.2 Å². The van der Waals surface area contributed by atoms with Gasteiger partial charge in [0.25, 0.3) is 17.7 Å². The third-order valence-electron chi connectivity index (χ3n) is 8.36. The molecule has 2 fully saturated rings. The van der Waals surface area contributed by atoms with Crippen LogP contribution in [-0.4, -0.2) is 40.7 Å². The van der Waals surface area contributed by atoms with Gasteiger partial charge in [0.1, 0.15) is 23.5 Å². The van der Waals surface area contributed by atoms with Gasteiger partial charge in [-0.1, -0.05) is 12.1 Å². The van der Waals surface area contributed by atoms with Crippen molar-refractivity contribution in [3.8, 4) is 6.07 Å². The molecule has 12 heteroatoms. The standard InChI is InChI=1S/C31H25F4N5O3/c32-20-2-1-3-23(13-20)40(28(42)25-6-7-27(41)39(25)26-12-18(17-36)9-11-37-26)31(29(43)38-22-15-30(34,35)16-22)10-8-19-4-5-21(33)14-24(19)31/h1-5,9,11-14,22,25H,6-8,10,15-16H2,(H,38,43)/t25-,31+/m0/s1. The zero-order valence-corrected chi connectivity index (χ0v) is 22.7. The third-order valence-corrected chi connectivity index (χ3v) is 8.36. The molecule has 8 nitrogen and oxygen atoms in total. The van der Waals surface area contributed by atoms with Crippen LogP contribution in [0.3, 0.4) is 0 Å². The lowest BCUT2D eigenvalue weighted by atomic mass is 9.83. The molecule has 0 unspecified atom stereocenters. The molecule has 1 saturated carbocycles. The lowest BCUT2D eigenvalue weighted by Crippen LogP contribution is -2.64. The van der Waals surface area contributed by atoms with E-state index in [1.807, 2.05) is 6.07 Å². The van der Waals surface area contributed by atoms with Crippen LogP contribution in [0.4, 0.5) is 29.1 Å². The summed E-state index contributed by atoms with van der Waals surface area (Å²) in [4.78, 5) is 48.5. The maximum Gasteiger partial charge on any atom is 0.252 e. The molecular weight excluding hydrogens is 566 g/mol. The first kappa shape index (κ1) is 28.3. The molecule has 1 saturated heterocycles. The van der Waals surface area contributed by atoms with Gasteiger partial charge in [-0.25, -0.2) is 22.5 Å². The normalized spacial score (nSPS) is 22.4. The Hall–Kier alpha value is -4.79. The van der Waals surface area contributed by atoms with Gasteiger partial charge >= 0.3 is 0 Å². The molecule has 0 radical (unpaired) electrons. The van der Waals surface area contributed by atoms with Gasteiger partial charge in [-0.3, -0.25) is 24.2 Å². The molecule has 43 heavy (non-hydrogen) atoms. The van der Waals surface area contributed by atoms with E-state index in [4.69, 9.17) is 0 Å². The topological polar surface area (TPSA) is 106 Å². The van der Waals surface area contributed by atoms with Gasteiger partial charge < -0.3 is 5.32 Å². The number of anilines is 2. The van der Waals surface area contributed by atoms with Crippen molar-refractivity contribution in [3.63, 3.8) is 0 Å². The van der Waals surface area contributed by atoms with E-state index in [2.05, 4.69) is 10.3 Å². The molecule has 1 aromatic heterocycles. The molecule has 2 aliphatic carbocycles. The maximum absolute atomic E-state index is 14.8. The number of aromatic nitrogens is 1. The monoisotopic (exact) mass is 591 g/mol. The summed E-state index contributed by atoms with van der Waals surface area (Å²) >= 11 is 0. The number of fused-ring (bicyclic) bond motifs is 1. The second-order valence-corrected chi connectivity index (χ2v) is 11.1. The van der Waals surface area contributed by atoms with E-state index in [1.54, 1.807) is 0 Å². The van der Waals surface area contributed by atoms with Crippen LogP contribution in [0.5, 0.6) is 0 Å². The first-order chi connectivity index (χ1) is 20.5. The van der Waals surface area contributed by atoms with Gasteiger partial charge in [-0.05, 0) is 72.9 Å². The predicted molar refractivity (Wildman–Crippen MR) is 146 cm³/mol. The summed E-state index contributed by atoms with van der Waals surface area (Å²) in [5.41, 5.74) is -1.08. The van der Waals surface area contributed by atoms with E-state index >= 15 is 0 Å². The van der Waals surface area contributed by atoms with E-state index in [0.717, 1.165) is 28.0 Å². The van der Waals surface area contributed by atoms with Gasteiger partial charge in [0.15, 0.2) is 5.54 Å². The number of nitriles is 1. The molecule has 1 aliphatic heterocycles. The second kappa shape index (κ2) is 10.5. The van der Waals surface area contributed by atoms with Crippen molar-refractivity contribution in [1.29, 1.82) is 5.26 Å². The average molecular weight is 592 g/mol. The molecule has 3 aliphatic rings. The van der Waals surface area contributed by atoms with Crippen molar-refractivity contribution in [3.05, 3.63) is 89.1 Å². The van der Waals surface area contributed by atoms with Gasteiger partial charge in [-0.15, -0.1) is 0 Å². The zero-order valence-electron chi connectivity index (χ0n) is 22.7. The molecule has 2 aromatic carbocycles. The Balaban J connectivity index is 1.51. The highest BCUT2D eigenvalue weighted by molar-refractivity contribution is 6.12. The van der Waals surface area contributed by atoms with Crippen LogP contribution < -0.4 is 15.1 Å². The van der Waals surface area contributed by atoms with Crippen molar-refractivity contribution in [2.75, 3.05) is 9.80 Å². The molecule has 2 atom stereocenters. The number of benzene rings is 2. The number of rotatable bonds is 6. The number of amides is 3. The minimum atomic E-state index is -2.95. The molecule has 3 amide bonds. The number of halogens is 4. The smallest absolute Gasteiger partial charge is 0.252 e. The molecule has 1 N–H and O–H groups in total. The first-order valence-corrected chi connectivity index (χ1v) is 13.8. The summed E-state index contributed by atoms with van der Waals surface area (Å²) in [5, 5.41) is 12.0. The highest BCUT2D eigenvalue weighted by Crippen LogP contribution is 2.47. The van der Waals surface area contributed by atoms with Crippen LogP contribution in [0.1, 0.15) is 48.8 Å². The predicted octanol–water partition coefficient (Wildman–Crippen LogP) is 4.52. The third kappa shape index (κ3) is 4.88. The highest BCUT2D eigenvalue weighted by Gasteiger charge is 2.57. The summed E-state index contributed by atoms with van der Waals surface area (Å²) in [5.74, 6) is -6.33. The van der Waals surface area contributed by atoms with E-state index < -0.39 is 65.7 Å². The van der Waals surface area contributed by atoms with Gasteiger partial charge in [0.05, 0.1) is 11.6 Å². The number of carbonyl (C=O) groups is 3. The number of nitrogens with zero attached hydrogens (tertiary/aromatic N) is 4. The van der Waals surface area contributed by atoms with Crippen molar-refractivity contribution in [1.82, 2.24) is 10.3 Å². The van der Waals surface area contributed by atoms with Gasteiger partial charge in [-0.2, -0.15) is 5.26 Å². The fourth-order valence-corrected chi connectivity index (χ4v) is 6.36. The van der Waals surface area contributed by atoms with E-state index in [-0.39, 0.29) is 48.3 Å². The Morgan fingerprint density at radius 2 is 1.81 bits per heavy atom. The van der Waals surface area contributed by atoms with Gasteiger partial charge in [0.2, 0.25) is 5.91 Å². The largest absolute Gasteiger partial charge is 0.351 e. The van der Waals surface area contributed by atoms with Crippen LogP contribution in [0.25, 0.3) is 0 Å². The second-order valence-electron chi connectivity index (χ2n) is 11.1.